The van der Waals surface area contributed by atoms with Gasteiger partial charge < -0.3 is 5.32 Å². The number of Topliss-reactive ketones (excluding diaryl/α,β-unsaturated/α-hetero) is 1. The highest BCUT2D eigenvalue weighted by atomic mass is 32.2. The largest absolute Gasteiger partial charge is 0.350 e. The number of sulfonamides is 1. The van der Waals surface area contributed by atoms with Crippen LogP contribution in [0.15, 0.2) is 47.4 Å². The van der Waals surface area contributed by atoms with Crippen LogP contribution in [0.4, 0.5) is 17.1 Å². The summed E-state index contributed by atoms with van der Waals surface area (Å²) in [6.07, 6.45) is 0. The summed E-state index contributed by atoms with van der Waals surface area (Å²) in [6.45, 7) is 6.45. The molecule has 0 aliphatic rings. The first-order valence-corrected chi connectivity index (χ1v) is 9.58. The number of benzene rings is 2. The van der Waals surface area contributed by atoms with Gasteiger partial charge >= 0.3 is 0 Å². The van der Waals surface area contributed by atoms with Crippen LogP contribution in [0.1, 0.15) is 38.1 Å². The zero-order chi connectivity index (χ0) is 20.4. The number of ketones is 1. The molecular weight excluding hydrogens is 370 g/mol. The molecule has 0 radical (unpaired) electrons. The van der Waals surface area contributed by atoms with Crippen molar-refractivity contribution in [2.24, 2.45) is 0 Å². The van der Waals surface area contributed by atoms with Gasteiger partial charge in [0.15, 0.2) is 5.78 Å². The average molecular weight is 391 g/mol. The maximum Gasteiger partial charge on any atom is 0.294 e. The van der Waals surface area contributed by atoms with E-state index >= 15 is 0 Å². The van der Waals surface area contributed by atoms with Crippen molar-refractivity contribution in [2.45, 2.75) is 38.1 Å². The van der Waals surface area contributed by atoms with E-state index in [1.54, 1.807) is 45.0 Å². The molecule has 27 heavy (non-hydrogen) atoms. The number of nitrogens with one attached hydrogen (secondary N) is 2. The van der Waals surface area contributed by atoms with E-state index in [9.17, 15) is 23.3 Å². The van der Waals surface area contributed by atoms with Crippen LogP contribution in [-0.2, 0) is 10.0 Å². The van der Waals surface area contributed by atoms with Crippen LogP contribution >= 0.6 is 0 Å². The molecule has 0 bridgehead atoms. The molecule has 0 atom stereocenters. The Morgan fingerprint density at radius 3 is 2.33 bits per heavy atom. The van der Waals surface area contributed by atoms with Crippen molar-refractivity contribution in [3.8, 4) is 0 Å². The average Bonchev–Trinajstić information content (AvgIpc) is 2.52. The Kier molecular flexibility index (Phi) is 5.67. The Labute approximate surface area is 157 Å². The number of hydrogen-bond donors (Lipinski definition) is 2. The second kappa shape index (κ2) is 7.45. The molecular formula is C18H21N3O5S. The summed E-state index contributed by atoms with van der Waals surface area (Å²) in [5.74, 6) is -0.136. The second-order valence-electron chi connectivity index (χ2n) is 7.05. The lowest BCUT2D eigenvalue weighted by Gasteiger charge is -2.20. The topological polar surface area (TPSA) is 118 Å². The lowest BCUT2D eigenvalue weighted by Crippen LogP contribution is -2.40. The molecule has 0 aliphatic carbocycles. The molecule has 2 N–H and O–H groups in total. The molecule has 0 saturated carbocycles. The Morgan fingerprint density at radius 2 is 1.78 bits per heavy atom. The van der Waals surface area contributed by atoms with Crippen LogP contribution in [0.25, 0.3) is 0 Å². The van der Waals surface area contributed by atoms with Gasteiger partial charge in [-0.05, 0) is 52.0 Å². The SMILES string of the molecule is CC(=O)c1cccc(Nc2ccc(S(=O)(=O)NC(C)(C)C)cc2[N+](=O)[O-])c1. The van der Waals surface area contributed by atoms with Crippen molar-refractivity contribution < 1.29 is 18.1 Å². The Hall–Kier alpha value is -2.78. The second-order valence-corrected chi connectivity index (χ2v) is 8.74. The van der Waals surface area contributed by atoms with E-state index in [1.165, 1.54) is 19.1 Å². The molecule has 144 valence electrons. The molecule has 0 unspecified atom stereocenters. The maximum absolute atomic E-state index is 12.4. The summed E-state index contributed by atoms with van der Waals surface area (Å²) in [7, 11) is -3.91. The van der Waals surface area contributed by atoms with E-state index < -0.39 is 20.5 Å². The molecule has 0 amide bonds. The summed E-state index contributed by atoms with van der Waals surface area (Å²) in [5, 5.41) is 14.3. The van der Waals surface area contributed by atoms with Crippen molar-refractivity contribution in [1.29, 1.82) is 0 Å². The first-order valence-electron chi connectivity index (χ1n) is 8.09. The Bertz CT molecular complexity index is 994. The molecule has 2 aromatic carbocycles. The molecule has 0 spiro atoms. The highest BCUT2D eigenvalue weighted by Gasteiger charge is 2.25. The van der Waals surface area contributed by atoms with Crippen LogP contribution in [0.3, 0.4) is 0 Å². The number of hydrogen-bond acceptors (Lipinski definition) is 6. The molecule has 0 fully saturated rings. The van der Waals surface area contributed by atoms with E-state index in [4.69, 9.17) is 0 Å². The van der Waals surface area contributed by atoms with Crippen LogP contribution in [0, 0.1) is 10.1 Å². The first kappa shape index (κ1) is 20.5. The predicted octanol–water partition coefficient (Wildman–Crippen LogP) is 3.62. The van der Waals surface area contributed by atoms with Crippen LogP contribution in [0.2, 0.25) is 0 Å². The zero-order valence-electron chi connectivity index (χ0n) is 15.4. The fourth-order valence-corrected chi connectivity index (χ4v) is 3.81. The van der Waals surface area contributed by atoms with Crippen LogP contribution < -0.4 is 10.0 Å². The predicted molar refractivity (Wildman–Crippen MR) is 103 cm³/mol. The molecule has 9 heteroatoms. The van der Waals surface area contributed by atoms with E-state index in [0.717, 1.165) is 6.07 Å². The molecule has 8 nitrogen and oxygen atoms in total. The van der Waals surface area contributed by atoms with Gasteiger partial charge in [-0.25, -0.2) is 13.1 Å². The van der Waals surface area contributed by atoms with Gasteiger partial charge in [-0.3, -0.25) is 14.9 Å². The highest BCUT2D eigenvalue weighted by Crippen LogP contribution is 2.30. The van der Waals surface area contributed by atoms with Gasteiger partial charge in [0, 0.05) is 22.9 Å². The number of nitro groups is 1. The third-order valence-corrected chi connectivity index (χ3v) is 5.22. The fraction of sp³-hybridized carbons (Fsp3) is 0.278. The van der Waals surface area contributed by atoms with Gasteiger partial charge in [0.05, 0.1) is 9.82 Å². The summed E-state index contributed by atoms with van der Waals surface area (Å²) in [4.78, 5) is 22.1. The number of rotatable bonds is 6. The lowest BCUT2D eigenvalue weighted by atomic mass is 10.1. The number of carbonyl (C=O) groups excluding carboxylic acids is 1. The number of anilines is 2. The number of nitrogens with zero attached hydrogens (tertiary/aromatic N) is 1. The van der Waals surface area contributed by atoms with Crippen molar-refractivity contribution in [2.75, 3.05) is 5.32 Å². The van der Waals surface area contributed by atoms with Gasteiger partial charge in [-0.15, -0.1) is 0 Å². The monoisotopic (exact) mass is 391 g/mol. The van der Waals surface area contributed by atoms with Crippen molar-refractivity contribution >= 4 is 32.9 Å². The molecule has 2 aromatic rings. The quantitative estimate of drug-likeness (QED) is 0.441. The van der Waals surface area contributed by atoms with Gasteiger partial charge in [0.25, 0.3) is 5.69 Å². The van der Waals surface area contributed by atoms with E-state index in [1.807, 2.05) is 0 Å². The maximum atomic E-state index is 12.4. The first-order chi connectivity index (χ1) is 12.4. The third kappa shape index (κ3) is 5.35. The third-order valence-electron chi connectivity index (χ3n) is 3.46. The summed E-state index contributed by atoms with van der Waals surface area (Å²) < 4.78 is 27.3. The van der Waals surface area contributed by atoms with Crippen LogP contribution in [-0.4, -0.2) is 24.7 Å². The Balaban J connectivity index is 2.43. The van der Waals surface area contributed by atoms with Crippen LogP contribution in [0.5, 0.6) is 0 Å². The number of carbonyl (C=O) groups is 1. The van der Waals surface area contributed by atoms with Gasteiger partial charge in [-0.2, -0.15) is 0 Å². The summed E-state index contributed by atoms with van der Waals surface area (Å²) in [5.41, 5.74) is -0.0571. The van der Waals surface area contributed by atoms with Gasteiger partial charge in [0.2, 0.25) is 10.0 Å². The standard InChI is InChI=1S/C18H21N3O5S/c1-12(22)13-6-5-7-14(10-13)19-16-9-8-15(11-17(16)21(23)24)27(25,26)20-18(2,3)4/h5-11,19-20H,1-4H3. The molecule has 0 heterocycles. The zero-order valence-corrected chi connectivity index (χ0v) is 16.3. The number of nitro benzene ring substituents is 1. The van der Waals surface area contributed by atoms with Crippen molar-refractivity contribution in [3.63, 3.8) is 0 Å². The summed E-state index contributed by atoms with van der Waals surface area (Å²) >= 11 is 0. The normalized spacial score (nSPS) is 11.9. The van der Waals surface area contributed by atoms with E-state index in [-0.39, 0.29) is 22.1 Å². The smallest absolute Gasteiger partial charge is 0.294 e. The highest BCUT2D eigenvalue weighted by molar-refractivity contribution is 7.89. The minimum atomic E-state index is -3.91. The van der Waals surface area contributed by atoms with E-state index in [0.29, 0.717) is 11.3 Å². The molecule has 0 aromatic heterocycles. The van der Waals surface area contributed by atoms with Crippen molar-refractivity contribution in [1.82, 2.24) is 4.72 Å². The minimum Gasteiger partial charge on any atom is -0.350 e. The Morgan fingerprint density at radius 1 is 1.11 bits per heavy atom. The van der Waals surface area contributed by atoms with Gasteiger partial charge in [-0.1, -0.05) is 12.1 Å². The molecule has 0 saturated heterocycles. The van der Waals surface area contributed by atoms with Crippen molar-refractivity contribution in [3.05, 3.63) is 58.1 Å². The lowest BCUT2D eigenvalue weighted by molar-refractivity contribution is -0.384. The summed E-state index contributed by atoms with van der Waals surface area (Å²) in [6, 6.07) is 10.1. The van der Waals surface area contributed by atoms with Gasteiger partial charge in [0.1, 0.15) is 5.69 Å². The van der Waals surface area contributed by atoms with E-state index in [2.05, 4.69) is 10.0 Å². The molecule has 2 rings (SSSR count). The fourth-order valence-electron chi connectivity index (χ4n) is 2.37. The minimum absolute atomic E-state index is 0.121. The molecule has 0 aliphatic heterocycles.